The van der Waals surface area contributed by atoms with Gasteiger partial charge in [-0.25, -0.2) is 4.98 Å². The summed E-state index contributed by atoms with van der Waals surface area (Å²) in [7, 11) is 0. The quantitative estimate of drug-likeness (QED) is 0.753. The molecule has 74 valence electrons. The molecule has 4 heteroatoms. The monoisotopic (exact) mass is 228 g/mol. The van der Waals surface area contributed by atoms with Crippen LogP contribution in [0.5, 0.6) is 0 Å². The molecular formula is C10H10Cl2N2. The first-order chi connectivity index (χ1) is 6.16. The predicted octanol–water partition coefficient (Wildman–Crippen LogP) is 3.20. The van der Waals surface area contributed by atoms with E-state index in [2.05, 4.69) is 4.98 Å². The van der Waals surface area contributed by atoms with Gasteiger partial charge in [0.15, 0.2) is 0 Å². The Morgan fingerprint density at radius 3 is 2.71 bits per heavy atom. The Morgan fingerprint density at radius 2 is 2.00 bits per heavy atom. The molecule has 2 nitrogen and oxygen atoms in total. The van der Waals surface area contributed by atoms with Crippen molar-refractivity contribution >= 4 is 40.7 Å². The third-order valence-corrected chi connectivity index (χ3v) is 2.24. The standard InChI is InChI=1S/C10H9ClN2.ClH/c1-6-4-7-2-3-8(11)5-9(7)13-10(6)12;/h2-5H,1H3,(H2,12,13);1H. The van der Waals surface area contributed by atoms with Crippen LogP contribution in [0.15, 0.2) is 24.3 Å². The molecule has 0 aliphatic rings. The van der Waals surface area contributed by atoms with Gasteiger partial charge in [-0.2, -0.15) is 0 Å². The van der Waals surface area contributed by atoms with Gasteiger partial charge in [-0.05, 0) is 30.7 Å². The van der Waals surface area contributed by atoms with Crippen LogP contribution in [0.2, 0.25) is 5.02 Å². The molecule has 0 aliphatic heterocycles. The fraction of sp³-hybridized carbons (Fsp3) is 0.100. The number of benzene rings is 1. The lowest BCUT2D eigenvalue weighted by Gasteiger charge is -2.02. The van der Waals surface area contributed by atoms with E-state index < -0.39 is 0 Å². The van der Waals surface area contributed by atoms with Crippen molar-refractivity contribution in [2.45, 2.75) is 6.92 Å². The topological polar surface area (TPSA) is 38.9 Å². The zero-order valence-corrected chi connectivity index (χ0v) is 9.19. The molecule has 2 rings (SSSR count). The van der Waals surface area contributed by atoms with E-state index in [1.54, 1.807) is 0 Å². The minimum atomic E-state index is 0. The molecule has 0 saturated carbocycles. The highest BCUT2D eigenvalue weighted by molar-refractivity contribution is 6.31. The zero-order chi connectivity index (χ0) is 9.42. The first kappa shape index (κ1) is 11.1. The lowest BCUT2D eigenvalue weighted by atomic mass is 10.1. The molecule has 0 bridgehead atoms. The molecule has 0 radical (unpaired) electrons. The van der Waals surface area contributed by atoms with Gasteiger partial charge < -0.3 is 5.73 Å². The summed E-state index contributed by atoms with van der Waals surface area (Å²) in [5.74, 6) is 0.565. The molecule has 14 heavy (non-hydrogen) atoms. The van der Waals surface area contributed by atoms with Crippen molar-refractivity contribution in [3.63, 3.8) is 0 Å². The maximum absolute atomic E-state index is 5.83. The lowest BCUT2D eigenvalue weighted by Crippen LogP contribution is -1.93. The van der Waals surface area contributed by atoms with Crippen LogP contribution >= 0.6 is 24.0 Å². The second kappa shape index (κ2) is 4.03. The number of anilines is 1. The number of nitrogens with two attached hydrogens (primary N) is 1. The summed E-state index contributed by atoms with van der Waals surface area (Å²) in [4.78, 5) is 4.23. The number of aryl methyl sites for hydroxylation is 1. The van der Waals surface area contributed by atoms with Gasteiger partial charge in [0, 0.05) is 10.4 Å². The van der Waals surface area contributed by atoms with Gasteiger partial charge in [-0.3, -0.25) is 0 Å². The van der Waals surface area contributed by atoms with Crippen molar-refractivity contribution in [3.05, 3.63) is 34.9 Å². The van der Waals surface area contributed by atoms with Crippen molar-refractivity contribution in [2.75, 3.05) is 5.73 Å². The highest BCUT2D eigenvalue weighted by Crippen LogP contribution is 2.20. The Hall–Kier alpha value is -0.990. The van der Waals surface area contributed by atoms with E-state index in [9.17, 15) is 0 Å². The highest BCUT2D eigenvalue weighted by atomic mass is 35.5. The number of hydrogen-bond donors (Lipinski definition) is 1. The summed E-state index contributed by atoms with van der Waals surface area (Å²) in [5.41, 5.74) is 7.52. The number of aromatic nitrogens is 1. The molecule has 0 amide bonds. The average molecular weight is 229 g/mol. The van der Waals surface area contributed by atoms with E-state index in [0.29, 0.717) is 10.8 Å². The Bertz CT molecular complexity index is 469. The van der Waals surface area contributed by atoms with Gasteiger partial charge in [0.1, 0.15) is 5.82 Å². The van der Waals surface area contributed by atoms with Crippen LogP contribution in [0.25, 0.3) is 10.9 Å². The fourth-order valence-electron chi connectivity index (χ4n) is 1.26. The highest BCUT2D eigenvalue weighted by Gasteiger charge is 1.99. The van der Waals surface area contributed by atoms with E-state index in [4.69, 9.17) is 17.3 Å². The van der Waals surface area contributed by atoms with Crippen LogP contribution < -0.4 is 5.73 Å². The number of nitrogens with zero attached hydrogens (tertiary/aromatic N) is 1. The number of rotatable bonds is 0. The number of halogens is 2. The van der Waals surface area contributed by atoms with Gasteiger partial charge in [0.2, 0.25) is 0 Å². The zero-order valence-electron chi connectivity index (χ0n) is 7.62. The predicted molar refractivity (Wildman–Crippen MR) is 63.2 cm³/mol. The van der Waals surface area contributed by atoms with Crippen molar-refractivity contribution in [1.29, 1.82) is 0 Å². The molecule has 0 atom stereocenters. The molecular weight excluding hydrogens is 219 g/mol. The van der Waals surface area contributed by atoms with Gasteiger partial charge in [0.25, 0.3) is 0 Å². The lowest BCUT2D eigenvalue weighted by molar-refractivity contribution is 1.34. The SMILES string of the molecule is Cc1cc2ccc(Cl)cc2nc1N.Cl. The molecule has 1 aromatic heterocycles. The Morgan fingerprint density at radius 1 is 1.29 bits per heavy atom. The maximum atomic E-state index is 5.83. The van der Waals surface area contributed by atoms with E-state index in [1.165, 1.54) is 0 Å². The molecule has 0 unspecified atom stereocenters. The third kappa shape index (κ3) is 1.91. The molecule has 0 fully saturated rings. The first-order valence-corrected chi connectivity index (χ1v) is 4.37. The molecule has 0 aliphatic carbocycles. The smallest absolute Gasteiger partial charge is 0.127 e. The van der Waals surface area contributed by atoms with Crippen molar-refractivity contribution in [3.8, 4) is 0 Å². The normalized spacial score (nSPS) is 9.86. The summed E-state index contributed by atoms with van der Waals surface area (Å²) < 4.78 is 0. The van der Waals surface area contributed by atoms with Crippen LogP contribution in [-0.2, 0) is 0 Å². The number of fused-ring (bicyclic) bond motifs is 1. The number of pyridine rings is 1. The average Bonchev–Trinajstić information content (AvgIpc) is 2.08. The fourth-order valence-corrected chi connectivity index (χ4v) is 1.43. The Kier molecular flexibility index (Phi) is 3.19. The third-order valence-electron chi connectivity index (χ3n) is 2.01. The van der Waals surface area contributed by atoms with Crippen molar-refractivity contribution in [2.24, 2.45) is 0 Å². The second-order valence-corrected chi connectivity index (χ2v) is 3.46. The van der Waals surface area contributed by atoms with Gasteiger partial charge in [-0.15, -0.1) is 12.4 Å². The van der Waals surface area contributed by atoms with Gasteiger partial charge >= 0.3 is 0 Å². The Balaban J connectivity index is 0.000000980. The minimum absolute atomic E-state index is 0. The minimum Gasteiger partial charge on any atom is -0.383 e. The van der Waals surface area contributed by atoms with E-state index >= 15 is 0 Å². The summed E-state index contributed by atoms with van der Waals surface area (Å²) in [6.07, 6.45) is 0. The van der Waals surface area contributed by atoms with E-state index in [0.717, 1.165) is 16.5 Å². The number of hydrogen-bond acceptors (Lipinski definition) is 2. The summed E-state index contributed by atoms with van der Waals surface area (Å²) in [5, 5.41) is 1.75. The first-order valence-electron chi connectivity index (χ1n) is 3.99. The Labute approximate surface area is 93.5 Å². The van der Waals surface area contributed by atoms with E-state index in [1.807, 2.05) is 31.2 Å². The number of nitrogen functional groups attached to an aromatic ring is 1. The molecule has 2 aromatic rings. The van der Waals surface area contributed by atoms with Crippen molar-refractivity contribution < 1.29 is 0 Å². The summed E-state index contributed by atoms with van der Waals surface area (Å²) in [6.45, 7) is 1.94. The van der Waals surface area contributed by atoms with Gasteiger partial charge in [0.05, 0.1) is 5.52 Å². The van der Waals surface area contributed by atoms with Crippen LogP contribution in [0.4, 0.5) is 5.82 Å². The van der Waals surface area contributed by atoms with Crippen LogP contribution in [0.1, 0.15) is 5.56 Å². The van der Waals surface area contributed by atoms with Gasteiger partial charge in [-0.1, -0.05) is 17.7 Å². The summed E-state index contributed by atoms with van der Waals surface area (Å²) in [6, 6.07) is 7.61. The molecule has 2 N–H and O–H groups in total. The summed E-state index contributed by atoms with van der Waals surface area (Å²) >= 11 is 5.83. The molecule has 1 heterocycles. The molecule has 0 spiro atoms. The van der Waals surface area contributed by atoms with E-state index in [-0.39, 0.29) is 12.4 Å². The van der Waals surface area contributed by atoms with Crippen LogP contribution in [-0.4, -0.2) is 4.98 Å². The van der Waals surface area contributed by atoms with Crippen LogP contribution in [0, 0.1) is 6.92 Å². The van der Waals surface area contributed by atoms with Crippen molar-refractivity contribution in [1.82, 2.24) is 4.98 Å². The maximum Gasteiger partial charge on any atom is 0.127 e. The molecule has 1 aromatic carbocycles. The largest absolute Gasteiger partial charge is 0.383 e. The molecule has 0 saturated heterocycles. The second-order valence-electron chi connectivity index (χ2n) is 3.03. The van der Waals surface area contributed by atoms with Crippen LogP contribution in [0.3, 0.4) is 0 Å².